The average Bonchev–Trinajstić information content (AvgIpc) is 3.10. The zero-order valence-corrected chi connectivity index (χ0v) is 22.3. The van der Waals surface area contributed by atoms with Gasteiger partial charge in [-0.1, -0.05) is 0 Å². The maximum absolute atomic E-state index is 13.6. The van der Waals surface area contributed by atoms with Crippen molar-refractivity contribution in [3.63, 3.8) is 0 Å². The Morgan fingerprint density at radius 3 is 2.48 bits per heavy atom. The lowest BCUT2D eigenvalue weighted by molar-refractivity contribution is 0.0490. The molecule has 0 unspecified atom stereocenters. The van der Waals surface area contributed by atoms with E-state index < -0.39 is 5.60 Å². The Morgan fingerprint density at radius 2 is 1.85 bits per heavy atom. The monoisotopic (exact) mass is 573 g/mol. The van der Waals surface area contributed by atoms with Crippen LogP contribution in [0.15, 0.2) is 29.4 Å². The zero-order valence-electron chi connectivity index (χ0n) is 20.0. The van der Waals surface area contributed by atoms with E-state index in [1.165, 1.54) is 6.07 Å². The predicted octanol–water partition coefficient (Wildman–Crippen LogP) is 4.86. The van der Waals surface area contributed by atoms with Gasteiger partial charge < -0.3 is 25.7 Å². The molecule has 0 saturated heterocycles. The minimum absolute atomic E-state index is 0. The summed E-state index contributed by atoms with van der Waals surface area (Å²) in [5.41, 5.74) is 1.51. The van der Waals surface area contributed by atoms with Crippen LogP contribution in [-0.2, 0) is 11.2 Å². The number of hydrogen-bond acceptors (Lipinski definition) is 3. The van der Waals surface area contributed by atoms with Crippen molar-refractivity contribution in [2.75, 3.05) is 13.1 Å². The molecule has 2 aromatic rings. The van der Waals surface area contributed by atoms with Crippen LogP contribution in [0.25, 0.3) is 10.9 Å². The number of nitrogens with zero attached hydrogens (tertiary/aromatic N) is 1. The van der Waals surface area contributed by atoms with Crippen molar-refractivity contribution in [3.8, 4) is 0 Å². The molecule has 1 heterocycles. The second-order valence-electron chi connectivity index (χ2n) is 9.35. The maximum Gasteiger partial charge on any atom is 0.407 e. The second kappa shape index (κ2) is 12.4. The van der Waals surface area contributed by atoms with Gasteiger partial charge in [0.15, 0.2) is 5.96 Å². The smallest absolute Gasteiger partial charge is 0.407 e. The highest BCUT2D eigenvalue weighted by Gasteiger charge is 2.25. The number of H-pyrrole nitrogens is 1. The van der Waals surface area contributed by atoms with E-state index in [1.54, 1.807) is 12.1 Å². The summed E-state index contributed by atoms with van der Waals surface area (Å²) in [6.07, 6.45) is 6.01. The van der Waals surface area contributed by atoms with Crippen molar-refractivity contribution in [1.29, 1.82) is 0 Å². The van der Waals surface area contributed by atoms with Crippen LogP contribution in [0.4, 0.5) is 9.18 Å². The van der Waals surface area contributed by atoms with Crippen LogP contribution in [0.3, 0.4) is 0 Å². The summed E-state index contributed by atoms with van der Waals surface area (Å²) in [5.74, 6) is 0.565. The number of carbonyl (C=O) groups excluding carboxylic acids is 1. The molecule has 0 radical (unpaired) electrons. The number of guanidine groups is 1. The Bertz CT molecular complexity index is 933. The van der Waals surface area contributed by atoms with Gasteiger partial charge in [-0.25, -0.2) is 9.18 Å². The van der Waals surface area contributed by atoms with E-state index in [1.807, 2.05) is 33.9 Å². The van der Waals surface area contributed by atoms with Crippen molar-refractivity contribution in [1.82, 2.24) is 20.9 Å². The summed E-state index contributed by atoms with van der Waals surface area (Å²) in [6.45, 7) is 9.03. The molecule has 1 aromatic carbocycles. The molecule has 0 bridgehead atoms. The number of amides is 1. The molecule has 0 atom stereocenters. The number of aromatic nitrogens is 1. The van der Waals surface area contributed by atoms with Crippen LogP contribution in [-0.4, -0.2) is 47.8 Å². The number of rotatable bonds is 6. The Hall–Kier alpha value is -2.04. The zero-order chi connectivity index (χ0) is 23.1. The Labute approximate surface area is 212 Å². The molecule has 1 saturated carbocycles. The Kier molecular flexibility index (Phi) is 10.2. The topological polar surface area (TPSA) is 90.5 Å². The summed E-state index contributed by atoms with van der Waals surface area (Å²) in [6, 6.07) is 5.25. The summed E-state index contributed by atoms with van der Waals surface area (Å²) < 4.78 is 18.9. The minimum Gasteiger partial charge on any atom is -0.444 e. The van der Waals surface area contributed by atoms with Crippen LogP contribution in [0.2, 0.25) is 0 Å². The van der Waals surface area contributed by atoms with E-state index in [4.69, 9.17) is 9.73 Å². The molecule has 0 spiro atoms. The largest absolute Gasteiger partial charge is 0.444 e. The number of carbonyl (C=O) groups is 1. The molecule has 1 aromatic heterocycles. The number of halogens is 2. The van der Waals surface area contributed by atoms with E-state index >= 15 is 0 Å². The van der Waals surface area contributed by atoms with E-state index in [-0.39, 0.29) is 41.9 Å². The van der Waals surface area contributed by atoms with Gasteiger partial charge in [0.2, 0.25) is 0 Å². The van der Waals surface area contributed by atoms with Crippen LogP contribution >= 0.6 is 24.0 Å². The van der Waals surface area contributed by atoms with Crippen molar-refractivity contribution in [3.05, 3.63) is 35.8 Å². The third kappa shape index (κ3) is 8.68. The highest BCUT2D eigenvalue weighted by Crippen LogP contribution is 2.21. The number of aliphatic imine (C=N–C) groups is 1. The second-order valence-corrected chi connectivity index (χ2v) is 9.35. The summed E-state index contributed by atoms with van der Waals surface area (Å²) in [4.78, 5) is 19.9. The molecule has 1 aliphatic carbocycles. The number of ether oxygens (including phenoxy) is 1. The standard InChI is InChI=1S/C24H36FN5O2.HI/c1-5-26-22(27-13-12-16-15-28-21-11-6-17(25)14-20(16)21)29-18-7-9-19(10-8-18)30-23(31)32-24(2,3)4;/h6,11,14-15,18-19,28H,5,7-10,12-13H2,1-4H3,(H,30,31)(H2,26,27,29);1H. The summed E-state index contributed by atoms with van der Waals surface area (Å²) in [5, 5.41) is 10.7. The number of nitrogens with one attached hydrogen (secondary N) is 4. The maximum atomic E-state index is 13.6. The molecule has 4 N–H and O–H groups in total. The van der Waals surface area contributed by atoms with Gasteiger partial charge in [0.05, 0.1) is 0 Å². The van der Waals surface area contributed by atoms with Crippen molar-refractivity contribution >= 4 is 46.9 Å². The molecule has 7 nitrogen and oxygen atoms in total. The number of hydrogen-bond donors (Lipinski definition) is 4. The fourth-order valence-electron chi connectivity index (χ4n) is 4.02. The third-order valence-electron chi connectivity index (χ3n) is 5.51. The molecule has 9 heteroatoms. The molecule has 184 valence electrons. The first-order chi connectivity index (χ1) is 15.2. The average molecular weight is 573 g/mol. The molecule has 3 rings (SSSR count). The van der Waals surface area contributed by atoms with E-state index in [2.05, 4.69) is 20.9 Å². The quantitative estimate of drug-likeness (QED) is 0.226. The first kappa shape index (κ1) is 27.2. The van der Waals surface area contributed by atoms with Crippen molar-refractivity contribution in [2.45, 2.75) is 77.5 Å². The third-order valence-corrected chi connectivity index (χ3v) is 5.51. The molecule has 0 aliphatic heterocycles. The first-order valence-electron chi connectivity index (χ1n) is 11.5. The lowest BCUT2D eigenvalue weighted by Crippen LogP contribution is -2.48. The van der Waals surface area contributed by atoms with Crippen LogP contribution in [0.5, 0.6) is 0 Å². The molecule has 33 heavy (non-hydrogen) atoms. The van der Waals surface area contributed by atoms with Crippen LogP contribution < -0.4 is 16.0 Å². The van der Waals surface area contributed by atoms with Crippen LogP contribution in [0, 0.1) is 5.82 Å². The SMILES string of the molecule is CCNC(=NCCc1c[nH]c2ccc(F)cc12)NC1CCC(NC(=O)OC(C)(C)C)CC1.I. The molecule has 1 aliphatic rings. The molecular weight excluding hydrogens is 536 g/mol. The van der Waals surface area contributed by atoms with Crippen molar-refractivity contribution < 1.29 is 13.9 Å². The van der Waals surface area contributed by atoms with Gasteiger partial charge in [-0.2, -0.15) is 0 Å². The number of alkyl carbamates (subject to hydrolysis) is 1. The number of fused-ring (bicyclic) bond motifs is 1. The summed E-state index contributed by atoms with van der Waals surface area (Å²) in [7, 11) is 0. The molecular formula is C24H37FIN5O2. The Balaban J connectivity index is 0.00000385. The minimum atomic E-state index is -0.485. The molecule has 1 fully saturated rings. The van der Waals surface area contributed by atoms with E-state index in [9.17, 15) is 9.18 Å². The normalized spacial score (nSPS) is 19.0. The Morgan fingerprint density at radius 1 is 1.18 bits per heavy atom. The fourth-order valence-corrected chi connectivity index (χ4v) is 4.02. The summed E-state index contributed by atoms with van der Waals surface area (Å²) >= 11 is 0. The van der Waals surface area contributed by atoms with Gasteiger partial charge in [-0.3, -0.25) is 4.99 Å². The van der Waals surface area contributed by atoms with E-state index in [0.717, 1.165) is 61.1 Å². The molecule has 1 amide bonds. The lowest BCUT2D eigenvalue weighted by Gasteiger charge is -2.31. The van der Waals surface area contributed by atoms with Gasteiger partial charge in [-0.05, 0) is 83.6 Å². The highest BCUT2D eigenvalue weighted by atomic mass is 127. The van der Waals surface area contributed by atoms with Gasteiger partial charge in [0, 0.05) is 42.3 Å². The van der Waals surface area contributed by atoms with Gasteiger partial charge >= 0.3 is 6.09 Å². The van der Waals surface area contributed by atoms with Gasteiger partial charge in [0.1, 0.15) is 11.4 Å². The number of aromatic amines is 1. The highest BCUT2D eigenvalue weighted by molar-refractivity contribution is 14.0. The predicted molar refractivity (Wildman–Crippen MR) is 142 cm³/mol. The van der Waals surface area contributed by atoms with Gasteiger partial charge in [0.25, 0.3) is 0 Å². The lowest BCUT2D eigenvalue weighted by atomic mass is 9.91. The van der Waals surface area contributed by atoms with Crippen molar-refractivity contribution in [2.24, 2.45) is 4.99 Å². The fraction of sp³-hybridized carbons (Fsp3) is 0.583. The number of benzene rings is 1. The first-order valence-corrected chi connectivity index (χ1v) is 11.5. The van der Waals surface area contributed by atoms with Crippen LogP contribution in [0.1, 0.15) is 58.9 Å². The van der Waals surface area contributed by atoms with Gasteiger partial charge in [-0.15, -0.1) is 24.0 Å². The van der Waals surface area contributed by atoms with E-state index in [0.29, 0.717) is 12.6 Å².